The molecule has 96 valence electrons. The fourth-order valence-electron chi connectivity index (χ4n) is 2.37. The number of halogens is 1. The van der Waals surface area contributed by atoms with Gasteiger partial charge in [0.15, 0.2) is 0 Å². The van der Waals surface area contributed by atoms with Gasteiger partial charge in [-0.05, 0) is 53.7 Å². The molecule has 1 aliphatic heterocycles. The summed E-state index contributed by atoms with van der Waals surface area (Å²) in [5.41, 5.74) is 0. The molecule has 17 heavy (non-hydrogen) atoms. The molecular formula is C13H20BrNOS. The molecule has 4 heteroatoms. The van der Waals surface area contributed by atoms with E-state index in [-0.39, 0.29) is 0 Å². The second kappa shape index (κ2) is 6.88. The molecule has 0 aliphatic carbocycles. The first-order chi connectivity index (χ1) is 8.29. The van der Waals surface area contributed by atoms with E-state index in [0.717, 1.165) is 25.7 Å². The molecule has 0 bridgehead atoms. The Hall–Kier alpha value is 0.1000. The van der Waals surface area contributed by atoms with Crippen molar-refractivity contribution in [3.05, 3.63) is 20.8 Å². The monoisotopic (exact) mass is 317 g/mol. The molecule has 1 saturated heterocycles. The number of ether oxygens (including phenoxy) is 1. The van der Waals surface area contributed by atoms with Crippen LogP contribution >= 0.6 is 27.3 Å². The number of nitrogens with one attached hydrogen (secondary N) is 1. The summed E-state index contributed by atoms with van der Waals surface area (Å²) in [6.45, 7) is 5.10. The van der Waals surface area contributed by atoms with E-state index in [0.29, 0.717) is 6.04 Å². The fourth-order valence-corrected chi connectivity index (χ4v) is 3.91. The average Bonchev–Trinajstić information content (AvgIpc) is 2.77. The van der Waals surface area contributed by atoms with Crippen molar-refractivity contribution < 1.29 is 4.74 Å². The topological polar surface area (TPSA) is 21.3 Å². The highest BCUT2D eigenvalue weighted by atomic mass is 79.9. The van der Waals surface area contributed by atoms with Gasteiger partial charge in [0, 0.05) is 34.0 Å². The molecule has 2 nitrogen and oxygen atoms in total. The van der Waals surface area contributed by atoms with Crippen LogP contribution in [0.15, 0.2) is 15.9 Å². The Kier molecular flexibility index (Phi) is 5.48. The van der Waals surface area contributed by atoms with Gasteiger partial charge in [0.1, 0.15) is 0 Å². The molecule has 0 radical (unpaired) electrons. The quantitative estimate of drug-likeness (QED) is 0.887. The summed E-state index contributed by atoms with van der Waals surface area (Å²) < 4.78 is 6.63. The van der Waals surface area contributed by atoms with Gasteiger partial charge in [0.05, 0.1) is 0 Å². The Labute approximate surface area is 116 Å². The van der Waals surface area contributed by atoms with Gasteiger partial charge in [-0.3, -0.25) is 0 Å². The minimum atomic E-state index is 0.513. The maximum Gasteiger partial charge on any atom is 0.0468 e. The van der Waals surface area contributed by atoms with Gasteiger partial charge in [-0.2, -0.15) is 0 Å². The SMILES string of the molecule is CCNC(CC1CCOCC1)c1cc(Br)cs1. The van der Waals surface area contributed by atoms with Crippen molar-refractivity contribution in [1.29, 1.82) is 0 Å². The lowest BCUT2D eigenvalue weighted by Crippen LogP contribution is -2.25. The van der Waals surface area contributed by atoms with Crippen molar-refractivity contribution in [3.8, 4) is 0 Å². The summed E-state index contributed by atoms with van der Waals surface area (Å²) in [6, 6.07) is 2.76. The average molecular weight is 318 g/mol. The fraction of sp³-hybridized carbons (Fsp3) is 0.692. The number of hydrogen-bond donors (Lipinski definition) is 1. The van der Waals surface area contributed by atoms with E-state index in [4.69, 9.17) is 4.74 Å². The van der Waals surface area contributed by atoms with Crippen LogP contribution < -0.4 is 5.32 Å². The zero-order chi connectivity index (χ0) is 12.1. The molecule has 0 amide bonds. The highest BCUT2D eigenvalue weighted by Crippen LogP contribution is 2.32. The first kappa shape index (κ1) is 13.5. The van der Waals surface area contributed by atoms with Crippen molar-refractivity contribution in [2.45, 2.75) is 32.2 Å². The van der Waals surface area contributed by atoms with Crippen molar-refractivity contribution >= 4 is 27.3 Å². The van der Waals surface area contributed by atoms with Gasteiger partial charge < -0.3 is 10.1 Å². The highest BCUT2D eigenvalue weighted by molar-refractivity contribution is 9.10. The lowest BCUT2D eigenvalue weighted by atomic mass is 9.92. The maximum atomic E-state index is 5.43. The van der Waals surface area contributed by atoms with Crippen LogP contribution in [0.2, 0.25) is 0 Å². The number of hydrogen-bond acceptors (Lipinski definition) is 3. The smallest absolute Gasteiger partial charge is 0.0468 e. The Morgan fingerprint density at radius 3 is 2.88 bits per heavy atom. The van der Waals surface area contributed by atoms with E-state index in [1.807, 2.05) is 11.3 Å². The van der Waals surface area contributed by atoms with Crippen LogP contribution in [0.1, 0.15) is 37.1 Å². The second-order valence-electron chi connectivity index (χ2n) is 4.57. The Morgan fingerprint density at radius 2 is 2.29 bits per heavy atom. The Morgan fingerprint density at radius 1 is 1.53 bits per heavy atom. The molecule has 1 aromatic rings. The molecule has 1 aliphatic rings. The molecule has 0 saturated carbocycles. The lowest BCUT2D eigenvalue weighted by molar-refractivity contribution is 0.0607. The zero-order valence-electron chi connectivity index (χ0n) is 10.2. The lowest BCUT2D eigenvalue weighted by Gasteiger charge is -2.26. The van der Waals surface area contributed by atoms with E-state index in [1.54, 1.807) is 0 Å². The Balaban J connectivity index is 1.96. The molecular weight excluding hydrogens is 298 g/mol. The van der Waals surface area contributed by atoms with Gasteiger partial charge in [-0.25, -0.2) is 0 Å². The summed E-state index contributed by atoms with van der Waals surface area (Å²) in [4.78, 5) is 1.45. The molecule has 2 rings (SSSR count). The van der Waals surface area contributed by atoms with E-state index in [9.17, 15) is 0 Å². The molecule has 1 atom stereocenters. The van der Waals surface area contributed by atoms with E-state index in [1.165, 1.54) is 28.6 Å². The van der Waals surface area contributed by atoms with Gasteiger partial charge in [-0.1, -0.05) is 6.92 Å². The minimum Gasteiger partial charge on any atom is -0.381 e. The molecule has 1 unspecified atom stereocenters. The van der Waals surface area contributed by atoms with Crippen molar-refractivity contribution in [1.82, 2.24) is 5.32 Å². The van der Waals surface area contributed by atoms with E-state index < -0.39 is 0 Å². The predicted molar refractivity (Wildman–Crippen MR) is 76.6 cm³/mol. The predicted octanol–water partition coefficient (Wildman–Crippen LogP) is 3.98. The first-order valence-corrected chi connectivity index (χ1v) is 8.02. The normalized spacial score (nSPS) is 19.4. The largest absolute Gasteiger partial charge is 0.381 e. The molecule has 0 aromatic carbocycles. The summed E-state index contributed by atoms with van der Waals surface area (Å²) >= 11 is 5.38. The number of thiophene rings is 1. The summed E-state index contributed by atoms with van der Waals surface area (Å²) in [6.07, 6.45) is 3.67. The van der Waals surface area contributed by atoms with Crippen molar-refractivity contribution in [3.63, 3.8) is 0 Å². The molecule has 2 heterocycles. The molecule has 1 fully saturated rings. The molecule has 1 N–H and O–H groups in total. The first-order valence-electron chi connectivity index (χ1n) is 6.34. The Bertz CT molecular complexity index is 336. The van der Waals surface area contributed by atoms with Crippen LogP contribution in [0.3, 0.4) is 0 Å². The van der Waals surface area contributed by atoms with Crippen LogP contribution in [-0.4, -0.2) is 19.8 Å². The van der Waals surface area contributed by atoms with Crippen LogP contribution in [-0.2, 0) is 4.74 Å². The summed E-state index contributed by atoms with van der Waals surface area (Å²) in [5.74, 6) is 0.814. The van der Waals surface area contributed by atoms with Gasteiger partial charge >= 0.3 is 0 Å². The zero-order valence-corrected chi connectivity index (χ0v) is 12.6. The van der Waals surface area contributed by atoms with E-state index >= 15 is 0 Å². The van der Waals surface area contributed by atoms with Gasteiger partial charge in [-0.15, -0.1) is 11.3 Å². The minimum absolute atomic E-state index is 0.513. The number of rotatable bonds is 5. The maximum absolute atomic E-state index is 5.43. The van der Waals surface area contributed by atoms with Crippen LogP contribution in [0.5, 0.6) is 0 Å². The van der Waals surface area contributed by atoms with Crippen LogP contribution in [0.25, 0.3) is 0 Å². The van der Waals surface area contributed by atoms with Gasteiger partial charge in [0.2, 0.25) is 0 Å². The molecule has 1 aromatic heterocycles. The van der Waals surface area contributed by atoms with Crippen molar-refractivity contribution in [2.75, 3.05) is 19.8 Å². The van der Waals surface area contributed by atoms with Crippen LogP contribution in [0.4, 0.5) is 0 Å². The van der Waals surface area contributed by atoms with Crippen molar-refractivity contribution in [2.24, 2.45) is 5.92 Å². The highest BCUT2D eigenvalue weighted by Gasteiger charge is 2.20. The summed E-state index contributed by atoms with van der Waals surface area (Å²) in [5, 5.41) is 5.78. The van der Waals surface area contributed by atoms with Gasteiger partial charge in [0.25, 0.3) is 0 Å². The summed E-state index contributed by atoms with van der Waals surface area (Å²) in [7, 11) is 0. The standard InChI is InChI=1S/C13H20BrNOS/c1-2-15-12(13-8-11(14)9-17-13)7-10-3-5-16-6-4-10/h8-10,12,15H,2-7H2,1H3. The third kappa shape index (κ3) is 4.05. The third-order valence-electron chi connectivity index (χ3n) is 3.29. The van der Waals surface area contributed by atoms with E-state index in [2.05, 4.69) is 39.6 Å². The molecule has 0 spiro atoms. The second-order valence-corrected chi connectivity index (χ2v) is 6.43. The third-order valence-corrected chi connectivity index (χ3v) is 5.10. The van der Waals surface area contributed by atoms with Crippen LogP contribution in [0, 0.1) is 5.92 Å².